The number of carbonyl (C=O) groups is 3. The molecule has 0 fully saturated rings. The Balaban J connectivity index is 4.45. The van der Waals surface area contributed by atoms with E-state index in [4.69, 9.17) is 14.2 Å². The van der Waals surface area contributed by atoms with E-state index in [1.54, 1.807) is 0 Å². The van der Waals surface area contributed by atoms with Crippen LogP contribution in [0.1, 0.15) is 226 Å². The van der Waals surface area contributed by atoms with Crippen LogP contribution in [0.25, 0.3) is 0 Å². The molecule has 0 aliphatic heterocycles. The third kappa shape index (κ3) is 57.8. The van der Waals surface area contributed by atoms with Gasteiger partial charge in [-0.1, -0.05) is 230 Å². The summed E-state index contributed by atoms with van der Waals surface area (Å²) in [7, 11) is 0. The number of allylic oxidation sites excluding steroid dienone is 26. The van der Waals surface area contributed by atoms with Crippen LogP contribution in [-0.2, 0) is 28.6 Å². The lowest BCUT2D eigenvalue weighted by molar-refractivity contribution is -0.167. The maximum Gasteiger partial charge on any atom is 0.306 e. The van der Waals surface area contributed by atoms with E-state index in [9.17, 15) is 14.4 Å². The molecule has 1 atom stereocenters. The average Bonchev–Trinajstić information content (AvgIpc) is 3.39. The van der Waals surface area contributed by atoms with E-state index in [0.717, 1.165) is 154 Å². The fourth-order valence-corrected chi connectivity index (χ4v) is 7.20. The molecule has 6 nitrogen and oxygen atoms in total. The molecule has 0 bridgehead atoms. The Kier molecular flexibility index (Phi) is 55.5. The number of esters is 3. The Hall–Kier alpha value is -4.97. The molecule has 0 radical (unpaired) electrons. The second kappa shape index (κ2) is 59.6. The second-order valence-corrected chi connectivity index (χ2v) is 18.4. The monoisotopic (exact) mass is 1000 g/mol. The number of ether oxygens (including phenoxy) is 3. The van der Waals surface area contributed by atoms with Gasteiger partial charge in [0, 0.05) is 19.3 Å². The van der Waals surface area contributed by atoms with Crippen molar-refractivity contribution in [2.24, 2.45) is 0 Å². The van der Waals surface area contributed by atoms with Gasteiger partial charge in [0.2, 0.25) is 0 Å². The van der Waals surface area contributed by atoms with Gasteiger partial charge in [0.05, 0.1) is 0 Å². The van der Waals surface area contributed by atoms with Crippen molar-refractivity contribution in [3.63, 3.8) is 0 Å². The van der Waals surface area contributed by atoms with Crippen molar-refractivity contribution in [3.05, 3.63) is 158 Å². The van der Waals surface area contributed by atoms with E-state index in [0.29, 0.717) is 19.3 Å². The lowest BCUT2D eigenvalue weighted by Gasteiger charge is -2.18. The van der Waals surface area contributed by atoms with Crippen molar-refractivity contribution in [3.8, 4) is 0 Å². The Morgan fingerprint density at radius 1 is 0.288 bits per heavy atom. The molecule has 0 spiro atoms. The van der Waals surface area contributed by atoms with Gasteiger partial charge in [-0.15, -0.1) is 0 Å². The molecule has 0 aliphatic carbocycles. The largest absolute Gasteiger partial charge is 0.462 e. The number of hydrogen-bond acceptors (Lipinski definition) is 6. The first-order chi connectivity index (χ1) is 36.0. The third-order valence-corrected chi connectivity index (χ3v) is 11.5. The highest BCUT2D eigenvalue weighted by molar-refractivity contribution is 5.71. The van der Waals surface area contributed by atoms with E-state index < -0.39 is 6.10 Å². The summed E-state index contributed by atoms with van der Waals surface area (Å²) in [6.45, 7) is 6.28. The minimum atomic E-state index is -0.827. The summed E-state index contributed by atoms with van der Waals surface area (Å²) in [5.41, 5.74) is 0. The van der Waals surface area contributed by atoms with Gasteiger partial charge in [0.1, 0.15) is 13.2 Å². The quantitative estimate of drug-likeness (QED) is 0.0261. The fourth-order valence-electron chi connectivity index (χ4n) is 7.20. The van der Waals surface area contributed by atoms with Gasteiger partial charge in [0.15, 0.2) is 6.10 Å². The summed E-state index contributed by atoms with van der Waals surface area (Å²) >= 11 is 0. The molecule has 0 saturated heterocycles. The van der Waals surface area contributed by atoms with Crippen molar-refractivity contribution >= 4 is 17.9 Å². The molecule has 73 heavy (non-hydrogen) atoms. The highest BCUT2D eigenvalue weighted by Gasteiger charge is 2.19. The Labute approximate surface area is 448 Å². The van der Waals surface area contributed by atoms with E-state index >= 15 is 0 Å². The standard InChI is InChI=1S/C67H104O6/c1-4-7-10-13-16-19-22-24-26-28-29-30-31-32-33-34-35-36-37-39-40-42-45-48-51-54-57-60-66(69)72-63-64(62-71-65(68)59-56-53-50-47-44-21-18-15-12-9-6-3)73-67(70)61-58-55-52-49-46-43-41-38-27-25-23-20-17-14-11-8-5-2/h7-8,10-11,15-20,24-27,29-30,32-33,35-36,39-41,43,49,52,64H,4-6,9,12-14,21-23,28,31,34,37-38,42,44-48,50-51,53-63H2,1-3H3/b10-7-,11-8-,18-15-,19-16-,20-17-,26-24-,27-25-,30-29-,33-32-,36-35-,40-39-,43-41-,52-49-. The molecule has 0 aromatic heterocycles. The van der Waals surface area contributed by atoms with Gasteiger partial charge in [-0.2, -0.15) is 0 Å². The molecule has 6 heteroatoms. The lowest BCUT2D eigenvalue weighted by atomic mass is 10.1. The highest BCUT2D eigenvalue weighted by atomic mass is 16.6. The van der Waals surface area contributed by atoms with Crippen LogP contribution in [0, 0.1) is 0 Å². The number of unbranched alkanes of at least 4 members (excludes halogenated alkanes) is 13. The van der Waals surface area contributed by atoms with Gasteiger partial charge in [-0.05, 0) is 135 Å². The predicted octanol–water partition coefficient (Wildman–Crippen LogP) is 19.8. The molecule has 0 N–H and O–H groups in total. The smallest absolute Gasteiger partial charge is 0.306 e. The summed E-state index contributed by atoms with van der Waals surface area (Å²) in [6.07, 6.45) is 86.7. The zero-order valence-electron chi connectivity index (χ0n) is 46.6. The maximum atomic E-state index is 12.8. The molecule has 408 valence electrons. The number of hydrogen-bond donors (Lipinski definition) is 0. The number of carbonyl (C=O) groups excluding carboxylic acids is 3. The van der Waals surface area contributed by atoms with Crippen molar-refractivity contribution in [1.29, 1.82) is 0 Å². The van der Waals surface area contributed by atoms with E-state index in [2.05, 4.69) is 179 Å². The summed E-state index contributed by atoms with van der Waals surface area (Å²) < 4.78 is 16.8. The van der Waals surface area contributed by atoms with Gasteiger partial charge in [-0.3, -0.25) is 14.4 Å². The van der Waals surface area contributed by atoms with Crippen LogP contribution < -0.4 is 0 Å². The maximum absolute atomic E-state index is 12.8. The van der Waals surface area contributed by atoms with E-state index in [1.807, 2.05) is 0 Å². The fraction of sp³-hybridized carbons (Fsp3) is 0.567. The van der Waals surface area contributed by atoms with Gasteiger partial charge in [-0.25, -0.2) is 0 Å². The van der Waals surface area contributed by atoms with Crippen LogP contribution in [0.2, 0.25) is 0 Å². The van der Waals surface area contributed by atoms with E-state index in [-0.39, 0.29) is 37.5 Å². The SMILES string of the molecule is CC/C=C\C/C=C\C/C=C\C/C=C\C/C=C\C/C=C\C/C=C\CCCCCCCC(=O)OCC(COC(=O)CCCCCCC/C=C\CCCC)OC(=O)CCC/C=C\C/C=C\C/C=C\C/C=C\C/C=C\CC. The molecule has 0 rings (SSSR count). The molecular formula is C67H104O6. The Morgan fingerprint density at radius 3 is 0.890 bits per heavy atom. The summed E-state index contributed by atoms with van der Waals surface area (Å²) in [6, 6.07) is 0. The van der Waals surface area contributed by atoms with Crippen LogP contribution in [0.5, 0.6) is 0 Å². The molecule has 0 aliphatic rings. The van der Waals surface area contributed by atoms with Crippen LogP contribution >= 0.6 is 0 Å². The average molecular weight is 1010 g/mol. The Bertz CT molecular complexity index is 1670. The molecule has 0 saturated carbocycles. The highest BCUT2D eigenvalue weighted by Crippen LogP contribution is 2.12. The molecular weight excluding hydrogens is 901 g/mol. The molecule has 1 unspecified atom stereocenters. The first-order valence-electron chi connectivity index (χ1n) is 29.0. The molecule has 0 heterocycles. The lowest BCUT2D eigenvalue weighted by Crippen LogP contribution is -2.30. The van der Waals surface area contributed by atoms with Crippen LogP contribution in [0.3, 0.4) is 0 Å². The van der Waals surface area contributed by atoms with Crippen molar-refractivity contribution in [2.45, 2.75) is 232 Å². The molecule has 0 amide bonds. The van der Waals surface area contributed by atoms with Crippen LogP contribution in [0.4, 0.5) is 0 Å². The Morgan fingerprint density at radius 2 is 0.548 bits per heavy atom. The van der Waals surface area contributed by atoms with Crippen molar-refractivity contribution in [1.82, 2.24) is 0 Å². The second-order valence-electron chi connectivity index (χ2n) is 18.4. The van der Waals surface area contributed by atoms with Crippen LogP contribution in [-0.4, -0.2) is 37.2 Å². The summed E-state index contributed by atoms with van der Waals surface area (Å²) in [5, 5.41) is 0. The number of rotatable bonds is 50. The predicted molar refractivity (Wildman–Crippen MR) is 315 cm³/mol. The third-order valence-electron chi connectivity index (χ3n) is 11.5. The summed E-state index contributed by atoms with van der Waals surface area (Å²) in [4.78, 5) is 38.1. The molecule has 0 aromatic rings. The minimum Gasteiger partial charge on any atom is -0.462 e. The molecule has 0 aromatic carbocycles. The van der Waals surface area contributed by atoms with Gasteiger partial charge < -0.3 is 14.2 Å². The minimum absolute atomic E-state index is 0.118. The first-order valence-corrected chi connectivity index (χ1v) is 29.0. The normalized spacial score (nSPS) is 13.3. The van der Waals surface area contributed by atoms with Gasteiger partial charge in [0.25, 0.3) is 0 Å². The van der Waals surface area contributed by atoms with Crippen LogP contribution in [0.15, 0.2) is 158 Å². The zero-order chi connectivity index (χ0) is 52.9. The zero-order valence-corrected chi connectivity index (χ0v) is 46.6. The van der Waals surface area contributed by atoms with Gasteiger partial charge >= 0.3 is 17.9 Å². The van der Waals surface area contributed by atoms with Crippen molar-refractivity contribution in [2.75, 3.05) is 13.2 Å². The topological polar surface area (TPSA) is 78.9 Å². The van der Waals surface area contributed by atoms with Crippen molar-refractivity contribution < 1.29 is 28.6 Å². The summed E-state index contributed by atoms with van der Waals surface area (Å²) in [5.74, 6) is -1.02. The first kappa shape index (κ1) is 68.0. The van der Waals surface area contributed by atoms with E-state index in [1.165, 1.54) is 25.7 Å².